The van der Waals surface area contributed by atoms with E-state index < -0.39 is 0 Å². The largest absolute Gasteiger partial charge is 0.349 e. The first-order valence-corrected chi connectivity index (χ1v) is 13.2. The van der Waals surface area contributed by atoms with Gasteiger partial charge in [-0.25, -0.2) is 4.98 Å². The first-order valence-electron chi connectivity index (χ1n) is 12.3. The van der Waals surface area contributed by atoms with Gasteiger partial charge in [-0.05, 0) is 37.3 Å². The number of rotatable bonds is 9. The SMILES string of the molecule is CCC(C)c1ccc(Cn2c(/N=N/c3sc(N(CC)CC)nc3C(C)(C)C)nc(C#N)c2C#N)cc1. The number of nitriles is 2. The molecule has 188 valence electrons. The number of imidazole rings is 1. The quantitative estimate of drug-likeness (QED) is 0.287. The van der Waals surface area contributed by atoms with Crippen LogP contribution >= 0.6 is 11.3 Å². The zero-order valence-corrected chi connectivity index (χ0v) is 23.0. The molecule has 1 atom stereocenters. The van der Waals surface area contributed by atoms with E-state index in [1.54, 1.807) is 4.57 Å². The number of anilines is 1. The molecule has 0 N–H and O–H groups in total. The number of hydrogen-bond donors (Lipinski definition) is 0. The molecule has 2 heterocycles. The van der Waals surface area contributed by atoms with Crippen LogP contribution in [0.1, 0.15) is 89.0 Å². The highest BCUT2D eigenvalue weighted by atomic mass is 32.1. The highest BCUT2D eigenvalue weighted by Gasteiger charge is 2.25. The van der Waals surface area contributed by atoms with Gasteiger partial charge in [-0.3, -0.25) is 4.57 Å². The third-order valence-electron chi connectivity index (χ3n) is 6.23. The molecule has 1 aromatic carbocycles. The second kappa shape index (κ2) is 11.5. The second-order valence-electron chi connectivity index (χ2n) is 9.74. The maximum atomic E-state index is 9.78. The van der Waals surface area contributed by atoms with E-state index in [2.05, 4.69) is 86.8 Å². The number of hydrogen-bond acceptors (Lipinski definition) is 8. The van der Waals surface area contributed by atoms with Crippen molar-refractivity contribution in [2.24, 2.45) is 10.2 Å². The van der Waals surface area contributed by atoms with Gasteiger partial charge in [-0.15, -0.1) is 10.2 Å². The van der Waals surface area contributed by atoms with E-state index in [-0.39, 0.29) is 22.8 Å². The number of benzene rings is 1. The predicted molar refractivity (Wildman–Crippen MR) is 144 cm³/mol. The molecule has 9 heteroatoms. The lowest BCUT2D eigenvalue weighted by atomic mass is 9.93. The lowest BCUT2D eigenvalue weighted by molar-refractivity contribution is 0.573. The molecule has 0 saturated heterocycles. The van der Waals surface area contributed by atoms with Crippen LogP contribution in [-0.4, -0.2) is 27.6 Å². The number of nitrogens with zero attached hydrogens (tertiary/aromatic N) is 8. The molecular weight excluding hydrogens is 468 g/mol. The molecule has 36 heavy (non-hydrogen) atoms. The van der Waals surface area contributed by atoms with Crippen molar-refractivity contribution in [1.29, 1.82) is 10.5 Å². The maximum Gasteiger partial charge on any atom is 0.252 e. The summed E-state index contributed by atoms with van der Waals surface area (Å²) in [5.74, 6) is 0.709. The van der Waals surface area contributed by atoms with Gasteiger partial charge in [0.2, 0.25) is 0 Å². The monoisotopic (exact) mass is 502 g/mol. The Balaban J connectivity index is 2.03. The molecule has 8 nitrogen and oxygen atoms in total. The number of aromatic nitrogens is 3. The van der Waals surface area contributed by atoms with Gasteiger partial charge in [0.25, 0.3) is 5.95 Å². The average molecular weight is 503 g/mol. The van der Waals surface area contributed by atoms with E-state index in [1.165, 1.54) is 16.9 Å². The van der Waals surface area contributed by atoms with Crippen LogP contribution in [0.5, 0.6) is 0 Å². The summed E-state index contributed by atoms with van der Waals surface area (Å²) in [6.07, 6.45) is 1.07. The molecule has 0 aliphatic carbocycles. The van der Waals surface area contributed by atoms with Crippen molar-refractivity contribution in [2.45, 2.75) is 72.8 Å². The lowest BCUT2D eigenvalue weighted by Crippen LogP contribution is -2.22. The summed E-state index contributed by atoms with van der Waals surface area (Å²) in [6, 6.07) is 12.5. The summed E-state index contributed by atoms with van der Waals surface area (Å²) in [5.41, 5.74) is 3.13. The van der Waals surface area contributed by atoms with E-state index in [0.717, 1.165) is 35.9 Å². The molecule has 1 unspecified atom stereocenters. The summed E-state index contributed by atoms with van der Waals surface area (Å²) in [7, 11) is 0. The Labute approximate surface area is 218 Å². The molecule has 2 aromatic heterocycles. The predicted octanol–water partition coefficient (Wildman–Crippen LogP) is 7.20. The number of azo groups is 1. The van der Waals surface area contributed by atoms with Crippen molar-refractivity contribution < 1.29 is 0 Å². The van der Waals surface area contributed by atoms with Crippen LogP contribution in [0.15, 0.2) is 34.5 Å². The van der Waals surface area contributed by atoms with Crippen LogP contribution < -0.4 is 4.90 Å². The number of thiazole rings is 1. The van der Waals surface area contributed by atoms with Crippen LogP contribution in [0.25, 0.3) is 0 Å². The molecule has 0 aliphatic rings. The normalized spacial score (nSPS) is 12.5. The van der Waals surface area contributed by atoms with Gasteiger partial charge in [0.15, 0.2) is 21.5 Å². The van der Waals surface area contributed by atoms with Crippen molar-refractivity contribution >= 4 is 27.4 Å². The van der Waals surface area contributed by atoms with Crippen molar-refractivity contribution in [1.82, 2.24) is 14.5 Å². The van der Waals surface area contributed by atoms with Crippen LogP contribution in [0, 0.1) is 22.7 Å². The molecule has 0 radical (unpaired) electrons. The van der Waals surface area contributed by atoms with E-state index in [1.807, 2.05) is 18.2 Å². The van der Waals surface area contributed by atoms with Gasteiger partial charge in [-0.1, -0.05) is 70.2 Å². The van der Waals surface area contributed by atoms with E-state index in [9.17, 15) is 10.5 Å². The molecule has 0 fully saturated rings. The van der Waals surface area contributed by atoms with Gasteiger partial charge >= 0.3 is 0 Å². The van der Waals surface area contributed by atoms with E-state index in [4.69, 9.17) is 4.98 Å². The van der Waals surface area contributed by atoms with Crippen molar-refractivity contribution in [3.8, 4) is 12.1 Å². The smallest absolute Gasteiger partial charge is 0.252 e. The highest BCUT2D eigenvalue weighted by molar-refractivity contribution is 7.19. The molecular formula is C27H34N8S. The molecule has 0 spiro atoms. The Bertz CT molecular complexity index is 1290. The summed E-state index contributed by atoms with van der Waals surface area (Å²) in [5, 5.41) is 29.9. The van der Waals surface area contributed by atoms with Gasteiger partial charge in [0.1, 0.15) is 12.1 Å². The first-order chi connectivity index (χ1) is 17.2. The van der Waals surface area contributed by atoms with Gasteiger partial charge in [0.05, 0.1) is 12.2 Å². The lowest BCUT2D eigenvalue weighted by Gasteiger charge is -2.18. The molecule has 3 rings (SSSR count). The van der Waals surface area contributed by atoms with Gasteiger partial charge < -0.3 is 4.90 Å². The third-order valence-corrected chi connectivity index (χ3v) is 7.23. The fourth-order valence-electron chi connectivity index (χ4n) is 3.81. The standard InChI is InChI=1S/C27H34N8S/c1-8-18(4)20-13-11-19(12-14-20)17-35-22(16-29)21(15-28)30-25(35)33-32-24-23(27(5,6)7)31-26(36-24)34(9-2)10-3/h11-14,18H,8-10,17H2,1-7H3/b33-32+. The Morgan fingerprint density at radius 1 is 1.03 bits per heavy atom. The fourth-order valence-corrected chi connectivity index (χ4v) is 5.03. The van der Waals surface area contributed by atoms with Crippen LogP contribution in [0.3, 0.4) is 0 Å². The molecule has 3 aromatic rings. The molecule has 0 bridgehead atoms. The van der Waals surface area contributed by atoms with E-state index in [0.29, 0.717) is 17.5 Å². The summed E-state index contributed by atoms with van der Waals surface area (Å²) >= 11 is 1.49. The first kappa shape index (κ1) is 27.0. The minimum atomic E-state index is -0.224. The topological polar surface area (TPSA) is 106 Å². The van der Waals surface area contributed by atoms with Crippen molar-refractivity contribution in [2.75, 3.05) is 18.0 Å². The van der Waals surface area contributed by atoms with Crippen molar-refractivity contribution in [3.63, 3.8) is 0 Å². The second-order valence-corrected chi connectivity index (χ2v) is 10.7. The van der Waals surface area contributed by atoms with Crippen LogP contribution in [0.2, 0.25) is 0 Å². The summed E-state index contributed by atoms with van der Waals surface area (Å²) < 4.78 is 1.66. The average Bonchev–Trinajstić information content (AvgIpc) is 3.44. The third kappa shape index (κ3) is 5.80. The Morgan fingerprint density at radius 2 is 1.69 bits per heavy atom. The van der Waals surface area contributed by atoms with Crippen molar-refractivity contribution in [3.05, 3.63) is 52.5 Å². The minimum Gasteiger partial charge on any atom is -0.349 e. The summed E-state index contributed by atoms with van der Waals surface area (Å²) in [4.78, 5) is 11.4. The Morgan fingerprint density at radius 3 is 2.22 bits per heavy atom. The zero-order valence-electron chi connectivity index (χ0n) is 22.2. The van der Waals surface area contributed by atoms with Gasteiger partial charge in [-0.2, -0.15) is 15.5 Å². The summed E-state index contributed by atoms with van der Waals surface area (Å²) in [6.45, 7) is 16.9. The Kier molecular flexibility index (Phi) is 8.60. The van der Waals surface area contributed by atoms with E-state index >= 15 is 0 Å². The fraction of sp³-hybridized carbons (Fsp3) is 0.481. The van der Waals surface area contributed by atoms with Crippen LogP contribution in [0.4, 0.5) is 16.1 Å². The minimum absolute atomic E-state index is 0.0480. The Hall–Kier alpha value is -3.56. The molecule has 0 aliphatic heterocycles. The highest BCUT2D eigenvalue weighted by Crippen LogP contribution is 2.40. The molecule has 0 amide bonds. The van der Waals surface area contributed by atoms with Crippen LogP contribution in [-0.2, 0) is 12.0 Å². The zero-order chi connectivity index (χ0) is 26.5. The molecule has 0 saturated carbocycles. The van der Waals surface area contributed by atoms with Gasteiger partial charge in [0, 0.05) is 18.5 Å². The maximum absolute atomic E-state index is 9.78.